The molecule has 0 fully saturated rings. The van der Waals surface area contributed by atoms with E-state index < -0.39 is 5.25 Å². The molecule has 8 heteroatoms. The summed E-state index contributed by atoms with van der Waals surface area (Å²) in [4.78, 5) is 13.3. The van der Waals surface area contributed by atoms with Crippen LogP contribution in [0.3, 0.4) is 0 Å². The van der Waals surface area contributed by atoms with Crippen molar-refractivity contribution in [3.8, 4) is 5.75 Å². The Morgan fingerprint density at radius 2 is 1.76 bits per heavy atom. The minimum Gasteiger partial charge on any atom is -0.495 e. The molecule has 0 aliphatic heterocycles. The van der Waals surface area contributed by atoms with Crippen LogP contribution in [0, 0.1) is 0 Å². The van der Waals surface area contributed by atoms with Crippen LogP contribution >= 0.6 is 23.4 Å². The van der Waals surface area contributed by atoms with Crippen molar-refractivity contribution in [2.24, 2.45) is 7.05 Å². The highest BCUT2D eigenvalue weighted by Gasteiger charge is 2.25. The second kappa shape index (κ2) is 10.6. The van der Waals surface area contributed by atoms with Gasteiger partial charge in [0.2, 0.25) is 5.91 Å². The third-order valence-corrected chi connectivity index (χ3v) is 6.70. The summed E-state index contributed by atoms with van der Waals surface area (Å²) in [5, 5.41) is 12.2. The quantitative estimate of drug-likeness (QED) is 0.337. The summed E-state index contributed by atoms with van der Waals surface area (Å²) >= 11 is 7.58. The van der Waals surface area contributed by atoms with Crippen LogP contribution in [0.4, 0.5) is 5.69 Å². The average Bonchev–Trinajstić information content (AvgIpc) is 3.17. The molecule has 0 bridgehead atoms. The summed E-state index contributed by atoms with van der Waals surface area (Å²) in [6.45, 7) is 0. The van der Waals surface area contributed by atoms with Gasteiger partial charge in [-0.3, -0.25) is 4.79 Å². The van der Waals surface area contributed by atoms with Crippen molar-refractivity contribution in [1.82, 2.24) is 14.8 Å². The Morgan fingerprint density at radius 3 is 2.42 bits per heavy atom. The summed E-state index contributed by atoms with van der Waals surface area (Å²) in [5.41, 5.74) is 2.61. The smallest absolute Gasteiger partial charge is 0.242 e. The van der Waals surface area contributed by atoms with Gasteiger partial charge in [-0.15, -0.1) is 10.2 Å². The van der Waals surface area contributed by atoms with Gasteiger partial charge in [0.15, 0.2) is 5.16 Å². The van der Waals surface area contributed by atoms with Crippen molar-refractivity contribution < 1.29 is 9.53 Å². The van der Waals surface area contributed by atoms with Gasteiger partial charge in [-0.25, -0.2) is 0 Å². The highest BCUT2D eigenvalue weighted by Crippen LogP contribution is 2.36. The zero-order valence-corrected chi connectivity index (χ0v) is 19.8. The number of ether oxygens (including phenoxy) is 1. The van der Waals surface area contributed by atoms with E-state index in [4.69, 9.17) is 16.3 Å². The summed E-state index contributed by atoms with van der Waals surface area (Å²) in [5.74, 6) is 1.20. The molecule has 0 aliphatic carbocycles. The number of amides is 1. The minimum absolute atomic E-state index is 0.181. The second-order valence-corrected chi connectivity index (χ2v) is 8.85. The van der Waals surface area contributed by atoms with Crippen molar-refractivity contribution in [3.05, 3.63) is 101 Å². The molecule has 1 aromatic heterocycles. The third kappa shape index (κ3) is 5.56. The van der Waals surface area contributed by atoms with Gasteiger partial charge < -0.3 is 14.6 Å². The van der Waals surface area contributed by atoms with E-state index in [0.29, 0.717) is 28.0 Å². The van der Waals surface area contributed by atoms with Gasteiger partial charge >= 0.3 is 0 Å². The van der Waals surface area contributed by atoms with Crippen LogP contribution in [0.2, 0.25) is 5.02 Å². The van der Waals surface area contributed by atoms with Crippen LogP contribution in [0.5, 0.6) is 5.75 Å². The molecule has 1 unspecified atom stereocenters. The van der Waals surface area contributed by atoms with Gasteiger partial charge in [0.25, 0.3) is 0 Å². The van der Waals surface area contributed by atoms with Crippen molar-refractivity contribution >= 4 is 35.0 Å². The molecule has 168 valence electrons. The first-order chi connectivity index (χ1) is 16.0. The molecular formula is C25H23ClN4O2S. The van der Waals surface area contributed by atoms with Gasteiger partial charge in [-0.05, 0) is 29.3 Å². The van der Waals surface area contributed by atoms with Gasteiger partial charge in [-0.1, -0.05) is 84.0 Å². The van der Waals surface area contributed by atoms with Crippen molar-refractivity contribution in [2.75, 3.05) is 12.4 Å². The lowest BCUT2D eigenvalue weighted by Gasteiger charge is -2.17. The first-order valence-electron chi connectivity index (χ1n) is 10.3. The largest absolute Gasteiger partial charge is 0.495 e. The van der Waals surface area contributed by atoms with Crippen LogP contribution < -0.4 is 10.1 Å². The highest BCUT2D eigenvalue weighted by molar-refractivity contribution is 8.00. The maximum absolute atomic E-state index is 13.3. The molecule has 4 rings (SSSR count). The fraction of sp³-hybridized carbons (Fsp3) is 0.160. The normalized spacial score (nSPS) is 11.7. The SMILES string of the molecule is COc1ccc(NC(=O)C(Sc2nnc(Cc3ccccc3)n2C)c2ccccc2)cc1Cl. The summed E-state index contributed by atoms with van der Waals surface area (Å²) < 4.78 is 7.13. The van der Waals surface area contributed by atoms with Gasteiger partial charge in [-0.2, -0.15) is 0 Å². The molecule has 4 aromatic rings. The molecule has 0 aliphatic rings. The Labute approximate surface area is 202 Å². The van der Waals surface area contributed by atoms with Crippen LogP contribution in [0.25, 0.3) is 0 Å². The van der Waals surface area contributed by atoms with E-state index in [2.05, 4.69) is 27.6 Å². The van der Waals surface area contributed by atoms with Gasteiger partial charge in [0, 0.05) is 19.2 Å². The number of methoxy groups -OCH3 is 1. The zero-order valence-electron chi connectivity index (χ0n) is 18.2. The standard InChI is InChI=1S/C25H23ClN4O2S/c1-30-22(15-17-9-5-3-6-10-17)28-29-25(30)33-23(18-11-7-4-8-12-18)24(31)27-19-13-14-21(32-2)20(26)16-19/h3-14,16,23H,15H2,1-2H3,(H,27,31). The molecule has 0 spiro atoms. The number of anilines is 1. The number of aromatic nitrogens is 3. The average molecular weight is 479 g/mol. The predicted molar refractivity (Wildman–Crippen MR) is 132 cm³/mol. The first-order valence-corrected chi connectivity index (χ1v) is 11.6. The second-order valence-electron chi connectivity index (χ2n) is 7.37. The minimum atomic E-state index is -0.528. The number of rotatable bonds is 8. The van der Waals surface area contributed by atoms with E-state index in [-0.39, 0.29) is 5.91 Å². The maximum atomic E-state index is 13.3. The third-order valence-electron chi connectivity index (χ3n) is 5.11. The van der Waals surface area contributed by atoms with Crippen LogP contribution in [-0.4, -0.2) is 27.8 Å². The van der Waals surface area contributed by atoms with E-state index in [1.54, 1.807) is 25.3 Å². The number of hydrogen-bond acceptors (Lipinski definition) is 5. The van der Waals surface area contributed by atoms with E-state index in [0.717, 1.165) is 17.0 Å². The molecule has 1 amide bonds. The van der Waals surface area contributed by atoms with Crippen LogP contribution in [-0.2, 0) is 18.3 Å². The Bertz CT molecular complexity index is 1230. The molecule has 0 saturated carbocycles. The maximum Gasteiger partial charge on any atom is 0.242 e. The number of carbonyl (C=O) groups is 1. The molecular weight excluding hydrogens is 456 g/mol. The zero-order chi connectivity index (χ0) is 23.2. The van der Waals surface area contributed by atoms with E-state index in [1.807, 2.05) is 60.1 Å². The molecule has 1 atom stereocenters. The molecule has 0 radical (unpaired) electrons. The van der Waals surface area contributed by atoms with Crippen molar-refractivity contribution in [1.29, 1.82) is 0 Å². The van der Waals surface area contributed by atoms with Crippen molar-refractivity contribution in [2.45, 2.75) is 16.8 Å². The van der Waals surface area contributed by atoms with Gasteiger partial charge in [0.05, 0.1) is 12.1 Å². The molecule has 0 saturated heterocycles. The topological polar surface area (TPSA) is 69.0 Å². The summed E-state index contributed by atoms with van der Waals surface area (Å²) in [6, 6.07) is 24.9. The lowest BCUT2D eigenvalue weighted by atomic mass is 10.1. The van der Waals surface area contributed by atoms with E-state index in [9.17, 15) is 4.79 Å². The number of thioether (sulfide) groups is 1. The van der Waals surface area contributed by atoms with Crippen LogP contribution in [0.1, 0.15) is 22.2 Å². The monoisotopic (exact) mass is 478 g/mol. The number of nitrogens with zero attached hydrogens (tertiary/aromatic N) is 3. The van der Waals surface area contributed by atoms with E-state index >= 15 is 0 Å². The fourth-order valence-corrected chi connectivity index (χ4v) is 4.62. The first kappa shape index (κ1) is 22.9. The Hall–Kier alpha value is -3.29. The number of nitrogens with one attached hydrogen (secondary N) is 1. The van der Waals surface area contributed by atoms with Crippen LogP contribution in [0.15, 0.2) is 84.0 Å². The van der Waals surface area contributed by atoms with Crippen molar-refractivity contribution in [3.63, 3.8) is 0 Å². The van der Waals surface area contributed by atoms with Gasteiger partial charge in [0.1, 0.15) is 16.8 Å². The summed E-state index contributed by atoms with van der Waals surface area (Å²) in [6.07, 6.45) is 0.664. The summed E-state index contributed by atoms with van der Waals surface area (Å²) in [7, 11) is 3.47. The number of hydrogen-bond donors (Lipinski definition) is 1. The lowest BCUT2D eigenvalue weighted by molar-refractivity contribution is -0.115. The Kier molecular flexibility index (Phi) is 7.32. The molecule has 1 N–H and O–H groups in total. The fourth-order valence-electron chi connectivity index (χ4n) is 3.34. The Balaban J connectivity index is 1.57. The van der Waals surface area contributed by atoms with E-state index in [1.165, 1.54) is 11.8 Å². The Morgan fingerprint density at radius 1 is 1.06 bits per heavy atom. The molecule has 1 heterocycles. The molecule has 6 nitrogen and oxygen atoms in total. The molecule has 33 heavy (non-hydrogen) atoms. The number of carbonyl (C=O) groups excluding carboxylic acids is 1. The lowest BCUT2D eigenvalue weighted by Crippen LogP contribution is -2.19. The number of benzene rings is 3. The molecule has 3 aromatic carbocycles. The predicted octanol–water partition coefficient (Wildman–Crippen LogP) is 5.54. The highest BCUT2D eigenvalue weighted by atomic mass is 35.5. The number of halogens is 1.